The Hall–Kier alpha value is -2.28. The third-order valence-electron chi connectivity index (χ3n) is 2.48. The minimum absolute atomic E-state index is 0.108. The van der Waals surface area contributed by atoms with Crippen LogP contribution in [0.3, 0.4) is 0 Å². The van der Waals surface area contributed by atoms with Crippen LogP contribution in [0.15, 0.2) is 33.8 Å². The number of benzene rings is 1. The van der Waals surface area contributed by atoms with Crippen molar-refractivity contribution in [2.24, 2.45) is 10.7 Å². The standard InChI is InChI=1S/C12H13FN4O2/c1-8(18)15-12-11(6-14)17(16-19-12)7-9-2-4-10(13)5-3-9/h2-5H,6-7,14H2,1H3. The summed E-state index contributed by atoms with van der Waals surface area (Å²) in [4.78, 5) is 3.68. The van der Waals surface area contributed by atoms with Crippen LogP contribution >= 0.6 is 0 Å². The molecule has 2 rings (SSSR count). The predicted molar refractivity (Wildman–Crippen MR) is 62.9 cm³/mol. The van der Waals surface area contributed by atoms with Gasteiger partial charge in [-0.2, -0.15) is 0 Å². The number of aliphatic imine (C=N–C) groups is 1. The van der Waals surface area contributed by atoms with Crippen LogP contribution in [0.5, 0.6) is 0 Å². The van der Waals surface area contributed by atoms with Crippen LogP contribution < -0.4 is 15.5 Å². The van der Waals surface area contributed by atoms with E-state index < -0.39 is 0 Å². The molecule has 1 aromatic heterocycles. The number of hydrogen-bond donors (Lipinski definition) is 1. The highest BCUT2D eigenvalue weighted by Gasteiger charge is 2.22. The third-order valence-corrected chi connectivity index (χ3v) is 2.48. The Morgan fingerprint density at radius 3 is 2.74 bits per heavy atom. The van der Waals surface area contributed by atoms with E-state index in [0.717, 1.165) is 5.56 Å². The summed E-state index contributed by atoms with van der Waals surface area (Å²) < 4.78 is 19.3. The zero-order valence-corrected chi connectivity index (χ0v) is 10.3. The summed E-state index contributed by atoms with van der Waals surface area (Å²) in [6, 6.07) is 6.00. The maximum absolute atomic E-state index is 12.8. The van der Waals surface area contributed by atoms with Crippen molar-refractivity contribution in [3.05, 3.63) is 41.3 Å². The number of nitrogens with zero attached hydrogens (tertiary/aromatic N) is 3. The molecule has 0 spiro atoms. The Balaban J connectivity index is 2.28. The lowest BCUT2D eigenvalue weighted by atomic mass is 10.2. The topological polar surface area (TPSA) is 91.3 Å². The lowest BCUT2D eigenvalue weighted by molar-refractivity contribution is -0.760. The molecule has 6 nitrogen and oxygen atoms in total. The molecular weight excluding hydrogens is 251 g/mol. The molecule has 2 N–H and O–H groups in total. The Kier molecular flexibility index (Phi) is 3.86. The van der Waals surface area contributed by atoms with Gasteiger partial charge in [-0.1, -0.05) is 0 Å². The molecule has 7 heteroatoms. The second kappa shape index (κ2) is 5.57. The van der Waals surface area contributed by atoms with Gasteiger partial charge in [-0.15, -0.1) is 0 Å². The van der Waals surface area contributed by atoms with Gasteiger partial charge in [0.05, 0.1) is 6.54 Å². The fourth-order valence-corrected chi connectivity index (χ4v) is 1.61. The van der Waals surface area contributed by atoms with Crippen LogP contribution in [0.1, 0.15) is 18.2 Å². The number of aromatic nitrogens is 2. The molecule has 2 aromatic rings. The van der Waals surface area contributed by atoms with Crippen LogP contribution in [0.25, 0.3) is 0 Å². The normalized spacial score (nSPS) is 11.8. The summed E-state index contributed by atoms with van der Waals surface area (Å²) >= 11 is 0. The lowest BCUT2D eigenvalue weighted by Gasteiger charge is -1.98. The zero-order chi connectivity index (χ0) is 13.8. The van der Waals surface area contributed by atoms with Crippen molar-refractivity contribution in [3.63, 3.8) is 0 Å². The molecule has 0 amide bonds. The minimum atomic E-state index is -0.389. The predicted octanol–water partition coefficient (Wildman–Crippen LogP) is 0.0184. The fraction of sp³-hybridized carbons (Fsp3) is 0.250. The van der Waals surface area contributed by atoms with Gasteiger partial charge in [0.15, 0.2) is 0 Å². The molecule has 100 valence electrons. The van der Waals surface area contributed by atoms with Gasteiger partial charge in [-0.3, -0.25) is 4.52 Å². The van der Waals surface area contributed by atoms with Crippen molar-refractivity contribution in [3.8, 4) is 0 Å². The van der Waals surface area contributed by atoms with Crippen molar-refractivity contribution in [2.45, 2.75) is 20.0 Å². The zero-order valence-electron chi connectivity index (χ0n) is 10.3. The van der Waals surface area contributed by atoms with Crippen LogP contribution in [-0.4, -0.2) is 11.2 Å². The average Bonchev–Trinajstić information content (AvgIpc) is 2.73. The molecule has 1 heterocycles. The molecule has 19 heavy (non-hydrogen) atoms. The van der Waals surface area contributed by atoms with E-state index in [1.54, 1.807) is 12.1 Å². The molecule has 0 aliphatic heterocycles. The van der Waals surface area contributed by atoms with Crippen molar-refractivity contribution >= 4 is 11.8 Å². The summed E-state index contributed by atoms with van der Waals surface area (Å²) in [6.45, 7) is 1.81. The Morgan fingerprint density at radius 1 is 1.47 bits per heavy atom. The quantitative estimate of drug-likeness (QED) is 0.478. The first-order chi connectivity index (χ1) is 9.10. The molecule has 1 aromatic carbocycles. The molecule has 0 atom stereocenters. The molecule has 0 aliphatic rings. The molecule has 0 aliphatic carbocycles. The van der Waals surface area contributed by atoms with Crippen LogP contribution in [0.4, 0.5) is 10.3 Å². The average molecular weight is 264 g/mol. The highest BCUT2D eigenvalue weighted by atomic mass is 19.1. The lowest BCUT2D eigenvalue weighted by Crippen LogP contribution is -2.40. The number of hydrogen-bond acceptors (Lipinski definition) is 5. The molecule has 0 saturated heterocycles. The summed E-state index contributed by atoms with van der Waals surface area (Å²) in [5.74, 6) is -0.586. The van der Waals surface area contributed by atoms with Gasteiger partial charge in [0.25, 0.3) is 5.69 Å². The molecule has 0 saturated carbocycles. The van der Waals surface area contributed by atoms with E-state index in [1.807, 2.05) is 0 Å². The van der Waals surface area contributed by atoms with E-state index in [2.05, 4.69) is 10.3 Å². The molecule has 0 fully saturated rings. The van der Waals surface area contributed by atoms with Crippen molar-refractivity contribution < 1.29 is 18.7 Å². The fourth-order valence-electron chi connectivity index (χ4n) is 1.61. The van der Waals surface area contributed by atoms with E-state index in [0.29, 0.717) is 12.2 Å². The summed E-state index contributed by atoms with van der Waals surface area (Å²) in [5, 5.41) is 14.7. The van der Waals surface area contributed by atoms with E-state index in [4.69, 9.17) is 10.3 Å². The van der Waals surface area contributed by atoms with E-state index in [-0.39, 0.29) is 24.1 Å². The second-order valence-corrected chi connectivity index (χ2v) is 3.94. The smallest absolute Gasteiger partial charge is 0.325 e. The Bertz CT molecular complexity index is 588. The largest absolute Gasteiger partial charge is 0.862 e. The first-order valence-corrected chi connectivity index (χ1v) is 5.65. The molecule has 0 radical (unpaired) electrons. The SMILES string of the molecule is C/C([O-])=N/c1on[n+](Cc2ccc(F)cc2)c1CN. The number of nitrogens with two attached hydrogens (primary N) is 1. The van der Waals surface area contributed by atoms with Gasteiger partial charge in [0.2, 0.25) is 11.8 Å². The van der Waals surface area contributed by atoms with Gasteiger partial charge >= 0.3 is 5.88 Å². The molecule has 0 unspecified atom stereocenters. The first-order valence-electron chi connectivity index (χ1n) is 5.65. The number of rotatable bonds is 4. The van der Waals surface area contributed by atoms with Crippen LogP contribution in [-0.2, 0) is 13.1 Å². The van der Waals surface area contributed by atoms with Gasteiger partial charge in [-0.25, -0.2) is 9.38 Å². The second-order valence-electron chi connectivity index (χ2n) is 3.94. The maximum Gasteiger partial charge on any atom is 0.325 e. The first kappa shape index (κ1) is 13.2. The van der Waals surface area contributed by atoms with Gasteiger partial charge in [0.1, 0.15) is 5.82 Å². The Labute approximate surface area is 109 Å². The minimum Gasteiger partial charge on any atom is -0.862 e. The van der Waals surface area contributed by atoms with Crippen molar-refractivity contribution in [1.29, 1.82) is 0 Å². The van der Waals surface area contributed by atoms with Gasteiger partial charge < -0.3 is 10.8 Å². The molecular formula is C12H13FN4O2. The molecule has 0 bridgehead atoms. The van der Waals surface area contributed by atoms with E-state index >= 15 is 0 Å². The monoisotopic (exact) mass is 264 g/mol. The van der Waals surface area contributed by atoms with E-state index in [1.165, 1.54) is 23.7 Å². The summed E-state index contributed by atoms with van der Waals surface area (Å²) in [5.41, 5.74) is 6.95. The highest BCUT2D eigenvalue weighted by Crippen LogP contribution is 2.14. The van der Waals surface area contributed by atoms with Gasteiger partial charge in [-0.05, 0) is 41.8 Å². The third kappa shape index (κ3) is 3.14. The van der Waals surface area contributed by atoms with Crippen LogP contribution in [0.2, 0.25) is 0 Å². The van der Waals surface area contributed by atoms with Crippen molar-refractivity contribution in [1.82, 2.24) is 5.27 Å². The Morgan fingerprint density at radius 2 is 2.16 bits per heavy atom. The summed E-state index contributed by atoms with van der Waals surface area (Å²) in [7, 11) is 0. The van der Waals surface area contributed by atoms with E-state index in [9.17, 15) is 9.50 Å². The van der Waals surface area contributed by atoms with Crippen molar-refractivity contribution in [2.75, 3.05) is 0 Å². The maximum atomic E-state index is 12.8. The van der Waals surface area contributed by atoms with Gasteiger partial charge in [0, 0.05) is 5.56 Å². The summed E-state index contributed by atoms with van der Waals surface area (Å²) in [6.07, 6.45) is 0. The highest BCUT2D eigenvalue weighted by molar-refractivity contribution is 5.71. The number of halogens is 1. The van der Waals surface area contributed by atoms with Crippen LogP contribution in [0, 0.1) is 5.82 Å².